The third kappa shape index (κ3) is 5.58. The molecule has 2 aromatic heterocycles. The number of hydrogen-bond acceptors (Lipinski definition) is 9. The summed E-state index contributed by atoms with van der Waals surface area (Å²) in [7, 11) is 0. The summed E-state index contributed by atoms with van der Waals surface area (Å²) in [4.78, 5) is 55.3. The van der Waals surface area contributed by atoms with Gasteiger partial charge in [0.05, 0.1) is 18.5 Å². The number of benzene rings is 3. The lowest BCUT2D eigenvalue weighted by atomic mass is 10.0. The number of anilines is 1. The van der Waals surface area contributed by atoms with Gasteiger partial charge in [-0.1, -0.05) is 61.5 Å². The number of ether oxygens (including phenoxy) is 2. The van der Waals surface area contributed by atoms with Crippen molar-refractivity contribution in [3.05, 3.63) is 118 Å². The Hall–Kier alpha value is -4.53. The smallest absolute Gasteiger partial charge is 0.338 e. The van der Waals surface area contributed by atoms with E-state index >= 15 is 0 Å². The third-order valence-corrected chi connectivity index (χ3v) is 7.87. The fourth-order valence-electron chi connectivity index (χ4n) is 5.22. The molecule has 6 rings (SSSR count). The van der Waals surface area contributed by atoms with Crippen molar-refractivity contribution in [2.75, 3.05) is 11.5 Å². The summed E-state index contributed by atoms with van der Waals surface area (Å²) in [6.45, 7) is 1.45. The number of carbonyl (C=O) groups is 3. The number of hydrogen-bond donors (Lipinski definition) is 1. The molecule has 1 fully saturated rings. The Labute approximate surface area is 265 Å². The lowest BCUT2D eigenvalue weighted by Crippen LogP contribution is -2.38. The highest BCUT2D eigenvalue weighted by atomic mass is 127. The van der Waals surface area contributed by atoms with Gasteiger partial charge in [0, 0.05) is 39.6 Å². The molecule has 5 aromatic rings. The largest absolute Gasteiger partial charge is 0.455 e. The quantitative estimate of drug-likeness (QED) is 0.111. The molecule has 4 atom stereocenters. The maximum atomic E-state index is 13.9. The molecule has 44 heavy (non-hydrogen) atoms. The summed E-state index contributed by atoms with van der Waals surface area (Å²) in [6, 6.07) is 25.5. The minimum atomic E-state index is -0.809. The molecule has 222 valence electrons. The molecule has 1 N–H and O–H groups in total. The maximum absolute atomic E-state index is 13.9. The average Bonchev–Trinajstić information content (AvgIpc) is 3.62. The Balaban J connectivity index is 1.40. The van der Waals surface area contributed by atoms with E-state index in [1.807, 2.05) is 29.5 Å². The number of aliphatic hydroxyl groups is 1. The van der Waals surface area contributed by atoms with Gasteiger partial charge in [-0.15, -0.1) is 0 Å². The first-order valence-corrected chi connectivity index (χ1v) is 14.9. The first-order chi connectivity index (χ1) is 21.4. The standard InChI is InChI=1S/C32H26IN5O6/c1-19-25(44-31(42)22-15-9-4-10-16-22)23(17-39)43-30(19)37-18-34-24-26(37)35-32(33)36-27(24)38(28(40)20-11-5-2-6-12-20)29(41)21-13-7-3-8-14-21/h2-16,18-19,23,25,30,39H,17H2,1H3/t19-,23-,25+,30-/m1/s1. The van der Waals surface area contributed by atoms with E-state index < -0.39 is 42.1 Å². The zero-order valence-corrected chi connectivity index (χ0v) is 25.5. The zero-order valence-electron chi connectivity index (χ0n) is 23.4. The number of imide groups is 1. The second kappa shape index (κ2) is 12.6. The third-order valence-electron chi connectivity index (χ3n) is 7.39. The number of nitrogens with zero attached hydrogens (tertiary/aromatic N) is 5. The van der Waals surface area contributed by atoms with Gasteiger partial charge in [-0.25, -0.2) is 24.6 Å². The van der Waals surface area contributed by atoms with E-state index in [0.29, 0.717) is 22.3 Å². The van der Waals surface area contributed by atoms with Crippen LogP contribution in [0.2, 0.25) is 0 Å². The average molecular weight is 703 g/mol. The Morgan fingerprint density at radius 2 is 1.43 bits per heavy atom. The molecule has 0 spiro atoms. The normalized spacial score (nSPS) is 19.5. The van der Waals surface area contributed by atoms with Crippen molar-refractivity contribution in [3.8, 4) is 0 Å². The molecule has 2 amide bonds. The number of imidazole rings is 1. The van der Waals surface area contributed by atoms with Crippen molar-refractivity contribution >= 4 is 57.4 Å². The van der Waals surface area contributed by atoms with E-state index in [2.05, 4.69) is 15.0 Å². The highest BCUT2D eigenvalue weighted by Crippen LogP contribution is 2.39. The summed E-state index contributed by atoms with van der Waals surface area (Å²) in [5, 5.41) is 10.1. The summed E-state index contributed by atoms with van der Waals surface area (Å²) in [6.07, 6.45) is -0.844. The van der Waals surface area contributed by atoms with E-state index in [9.17, 15) is 19.5 Å². The number of esters is 1. The molecule has 11 nitrogen and oxygen atoms in total. The van der Waals surface area contributed by atoms with Crippen LogP contribution >= 0.6 is 22.6 Å². The minimum absolute atomic E-state index is 0.0114. The fraction of sp³-hybridized carbons (Fsp3) is 0.188. The van der Waals surface area contributed by atoms with Gasteiger partial charge < -0.3 is 14.6 Å². The predicted octanol–water partition coefficient (Wildman–Crippen LogP) is 4.67. The van der Waals surface area contributed by atoms with Gasteiger partial charge in [0.15, 0.2) is 20.8 Å². The second-order valence-corrected chi connectivity index (χ2v) is 11.1. The molecule has 1 aliphatic heterocycles. The monoisotopic (exact) mass is 703 g/mol. The highest BCUT2D eigenvalue weighted by molar-refractivity contribution is 14.1. The van der Waals surface area contributed by atoms with Crippen LogP contribution in [0.3, 0.4) is 0 Å². The van der Waals surface area contributed by atoms with Gasteiger partial charge in [0.2, 0.25) is 0 Å². The van der Waals surface area contributed by atoms with E-state index in [1.54, 1.807) is 95.6 Å². The number of fused-ring (bicyclic) bond motifs is 1. The molecule has 0 aliphatic carbocycles. The minimum Gasteiger partial charge on any atom is -0.455 e. The van der Waals surface area contributed by atoms with Gasteiger partial charge in [-0.3, -0.25) is 14.2 Å². The van der Waals surface area contributed by atoms with Crippen molar-refractivity contribution in [2.45, 2.75) is 25.4 Å². The number of aromatic nitrogens is 4. The van der Waals surface area contributed by atoms with E-state index in [1.165, 1.54) is 6.33 Å². The van der Waals surface area contributed by atoms with Crippen LogP contribution < -0.4 is 4.90 Å². The molecule has 1 saturated heterocycles. The van der Waals surface area contributed by atoms with Crippen molar-refractivity contribution in [1.29, 1.82) is 0 Å². The van der Waals surface area contributed by atoms with E-state index in [0.717, 1.165) is 4.90 Å². The molecule has 3 heterocycles. The first kappa shape index (κ1) is 29.5. The first-order valence-electron chi connectivity index (χ1n) is 13.8. The Morgan fingerprint density at radius 3 is 1.98 bits per heavy atom. The van der Waals surface area contributed by atoms with Crippen LogP contribution in [0, 0.1) is 9.75 Å². The topological polar surface area (TPSA) is 137 Å². The van der Waals surface area contributed by atoms with Crippen LogP contribution in [0.1, 0.15) is 44.2 Å². The van der Waals surface area contributed by atoms with Crippen LogP contribution in [0.25, 0.3) is 11.2 Å². The fourth-order valence-corrected chi connectivity index (χ4v) is 5.68. The van der Waals surface area contributed by atoms with Crippen LogP contribution in [-0.2, 0) is 9.47 Å². The Bertz CT molecular complexity index is 1770. The summed E-state index contributed by atoms with van der Waals surface area (Å²) < 4.78 is 13.9. The van der Waals surface area contributed by atoms with Gasteiger partial charge >= 0.3 is 5.97 Å². The molecule has 0 radical (unpaired) electrons. The summed E-state index contributed by atoms with van der Waals surface area (Å²) >= 11 is 1.92. The van der Waals surface area contributed by atoms with Crippen molar-refractivity contribution in [2.24, 2.45) is 5.92 Å². The molecule has 0 saturated carbocycles. The van der Waals surface area contributed by atoms with Crippen LogP contribution in [0.4, 0.5) is 5.82 Å². The number of aliphatic hydroxyl groups excluding tert-OH is 1. The van der Waals surface area contributed by atoms with Crippen LogP contribution in [-0.4, -0.2) is 61.2 Å². The number of carbonyl (C=O) groups excluding carboxylic acids is 3. The van der Waals surface area contributed by atoms with Gasteiger partial charge in [0.1, 0.15) is 18.4 Å². The predicted molar refractivity (Wildman–Crippen MR) is 168 cm³/mol. The van der Waals surface area contributed by atoms with Crippen molar-refractivity contribution in [1.82, 2.24) is 19.5 Å². The number of amides is 2. The van der Waals surface area contributed by atoms with Gasteiger partial charge in [0.25, 0.3) is 11.8 Å². The van der Waals surface area contributed by atoms with E-state index in [4.69, 9.17) is 9.47 Å². The molecular weight excluding hydrogens is 677 g/mol. The zero-order chi connectivity index (χ0) is 30.8. The van der Waals surface area contributed by atoms with Crippen LogP contribution in [0.15, 0.2) is 97.3 Å². The summed E-state index contributed by atoms with van der Waals surface area (Å²) in [5.74, 6) is -2.11. The molecule has 3 aromatic carbocycles. The number of halogens is 1. The Morgan fingerprint density at radius 1 is 0.886 bits per heavy atom. The molecule has 0 bridgehead atoms. The molecule has 0 unspecified atom stereocenters. The van der Waals surface area contributed by atoms with Crippen molar-refractivity contribution < 1.29 is 29.0 Å². The Kier molecular flexibility index (Phi) is 8.46. The summed E-state index contributed by atoms with van der Waals surface area (Å²) in [5.41, 5.74) is 1.46. The van der Waals surface area contributed by atoms with E-state index in [-0.39, 0.29) is 21.8 Å². The molecule has 1 aliphatic rings. The number of rotatable bonds is 7. The van der Waals surface area contributed by atoms with Gasteiger partial charge in [-0.2, -0.15) is 0 Å². The second-order valence-electron chi connectivity index (χ2n) is 10.2. The van der Waals surface area contributed by atoms with Gasteiger partial charge in [-0.05, 0) is 36.4 Å². The van der Waals surface area contributed by atoms with Crippen molar-refractivity contribution in [3.63, 3.8) is 0 Å². The lowest BCUT2D eigenvalue weighted by Gasteiger charge is -2.22. The van der Waals surface area contributed by atoms with Crippen LogP contribution in [0.5, 0.6) is 0 Å². The maximum Gasteiger partial charge on any atom is 0.338 e. The SMILES string of the molecule is C[C@@H]1[C@H](OC(=O)c2ccccc2)[C@@H](CO)O[C@H]1n1cnc2c(N(C(=O)c3ccccc3)C(=O)c3ccccc3)nc(I)nc21. The molecular formula is C32H26IN5O6. The highest BCUT2D eigenvalue weighted by Gasteiger charge is 2.46. The molecule has 12 heteroatoms. The lowest BCUT2D eigenvalue weighted by molar-refractivity contribution is -0.0504.